The van der Waals surface area contributed by atoms with Gasteiger partial charge in [0.15, 0.2) is 0 Å². The van der Waals surface area contributed by atoms with E-state index < -0.39 is 17.7 Å². The summed E-state index contributed by atoms with van der Waals surface area (Å²) in [7, 11) is 0. The van der Waals surface area contributed by atoms with Gasteiger partial charge >= 0.3 is 0 Å². The first kappa shape index (κ1) is 23.1. The van der Waals surface area contributed by atoms with Gasteiger partial charge in [0.2, 0.25) is 0 Å². The first-order valence-corrected chi connectivity index (χ1v) is 11.0. The highest BCUT2D eigenvalue weighted by Crippen LogP contribution is 2.31. The number of hydrogen-bond donors (Lipinski definition) is 3. The zero-order chi connectivity index (χ0) is 24.4. The van der Waals surface area contributed by atoms with Gasteiger partial charge < -0.3 is 15.7 Å². The molecule has 0 unspecified atom stereocenters. The lowest BCUT2D eigenvalue weighted by molar-refractivity contribution is -0.120. The average Bonchev–Trinajstić information content (AvgIpc) is 3.04. The molecule has 7 nitrogen and oxygen atoms in total. The van der Waals surface area contributed by atoms with Crippen molar-refractivity contribution in [3.05, 3.63) is 94.7 Å². The summed E-state index contributed by atoms with van der Waals surface area (Å²) in [5.41, 5.74) is 2.38. The van der Waals surface area contributed by atoms with E-state index in [4.69, 9.17) is 11.6 Å². The molecule has 0 saturated heterocycles. The molecule has 3 aromatic carbocycles. The van der Waals surface area contributed by atoms with Crippen LogP contribution in [-0.4, -0.2) is 22.8 Å². The van der Waals surface area contributed by atoms with E-state index in [0.29, 0.717) is 17.3 Å². The van der Waals surface area contributed by atoms with Gasteiger partial charge in [0.1, 0.15) is 16.5 Å². The summed E-state index contributed by atoms with van der Waals surface area (Å²) < 4.78 is 0. The van der Waals surface area contributed by atoms with Crippen molar-refractivity contribution in [1.29, 1.82) is 0 Å². The number of carbonyl (C=O) groups is 3. The molecule has 0 fully saturated rings. The number of rotatable bonds is 6. The van der Waals surface area contributed by atoms with E-state index in [1.165, 1.54) is 12.1 Å². The molecule has 0 spiro atoms. The summed E-state index contributed by atoms with van der Waals surface area (Å²) in [5.74, 6) is -1.41. The summed E-state index contributed by atoms with van der Waals surface area (Å²) in [6, 6.07) is 19.9. The maximum Gasteiger partial charge on any atom is 0.283 e. The molecule has 3 N–H and O–H groups in total. The second-order valence-corrected chi connectivity index (χ2v) is 8.44. The summed E-state index contributed by atoms with van der Waals surface area (Å²) in [5, 5.41) is 15.1. The summed E-state index contributed by atoms with van der Waals surface area (Å²) in [6.07, 6.45) is 0. The lowest BCUT2D eigenvalue weighted by Gasteiger charge is -2.16. The lowest BCUT2D eigenvalue weighted by atomic mass is 10.0. The average molecular weight is 476 g/mol. The van der Waals surface area contributed by atoms with Crippen LogP contribution in [0.3, 0.4) is 0 Å². The van der Waals surface area contributed by atoms with E-state index in [-0.39, 0.29) is 27.7 Å². The number of halogens is 1. The number of anilines is 3. The molecular formula is C26H22ClN3O4. The van der Waals surface area contributed by atoms with Gasteiger partial charge in [-0.15, -0.1) is 0 Å². The van der Waals surface area contributed by atoms with E-state index in [1.807, 2.05) is 12.1 Å². The number of phenols is 1. The number of phenolic OH excluding ortho intramolecular Hbond substituents is 1. The van der Waals surface area contributed by atoms with Crippen molar-refractivity contribution in [3.63, 3.8) is 0 Å². The molecule has 0 aliphatic carbocycles. The van der Waals surface area contributed by atoms with E-state index >= 15 is 0 Å². The van der Waals surface area contributed by atoms with Gasteiger partial charge in [-0.2, -0.15) is 0 Å². The van der Waals surface area contributed by atoms with Crippen LogP contribution in [0.25, 0.3) is 0 Å². The molecule has 8 heteroatoms. The maximum absolute atomic E-state index is 13.0. The predicted octanol–water partition coefficient (Wildman–Crippen LogP) is 5.20. The Morgan fingerprint density at radius 3 is 2.32 bits per heavy atom. The van der Waals surface area contributed by atoms with Crippen molar-refractivity contribution in [2.24, 2.45) is 0 Å². The molecule has 1 aliphatic heterocycles. The second kappa shape index (κ2) is 9.41. The molecule has 0 saturated carbocycles. The summed E-state index contributed by atoms with van der Waals surface area (Å²) in [4.78, 5) is 39.4. The minimum absolute atomic E-state index is 0.0568. The number of nitrogens with zero attached hydrogens (tertiary/aromatic N) is 1. The topological polar surface area (TPSA) is 98.7 Å². The van der Waals surface area contributed by atoms with E-state index in [0.717, 1.165) is 10.5 Å². The van der Waals surface area contributed by atoms with Crippen LogP contribution >= 0.6 is 11.6 Å². The fourth-order valence-electron chi connectivity index (χ4n) is 3.51. The number of para-hydroxylation sites is 2. The minimum Gasteiger partial charge on any atom is -0.506 e. The van der Waals surface area contributed by atoms with Crippen molar-refractivity contribution in [2.75, 3.05) is 15.5 Å². The number of nitrogens with one attached hydrogen (secondary N) is 2. The predicted molar refractivity (Wildman–Crippen MR) is 132 cm³/mol. The third-order valence-electron chi connectivity index (χ3n) is 5.39. The Bertz CT molecular complexity index is 1320. The number of carbonyl (C=O) groups excluding carboxylic acids is 3. The molecule has 1 aliphatic rings. The number of benzene rings is 3. The Kier molecular flexibility index (Phi) is 6.38. The van der Waals surface area contributed by atoms with Crippen LogP contribution in [0.5, 0.6) is 5.75 Å². The van der Waals surface area contributed by atoms with Crippen molar-refractivity contribution in [1.82, 2.24) is 0 Å². The van der Waals surface area contributed by atoms with E-state index in [9.17, 15) is 19.5 Å². The largest absolute Gasteiger partial charge is 0.506 e. The highest BCUT2D eigenvalue weighted by Gasteiger charge is 2.39. The van der Waals surface area contributed by atoms with Crippen molar-refractivity contribution in [2.45, 2.75) is 19.8 Å². The first-order chi connectivity index (χ1) is 16.3. The van der Waals surface area contributed by atoms with Gasteiger partial charge in [0.05, 0.1) is 11.4 Å². The highest BCUT2D eigenvalue weighted by molar-refractivity contribution is 6.53. The third kappa shape index (κ3) is 4.51. The third-order valence-corrected chi connectivity index (χ3v) is 5.74. The molecule has 0 radical (unpaired) electrons. The Morgan fingerprint density at radius 1 is 0.941 bits per heavy atom. The number of hydrogen-bond acceptors (Lipinski definition) is 5. The Labute approximate surface area is 201 Å². The monoisotopic (exact) mass is 475 g/mol. The molecule has 34 heavy (non-hydrogen) atoms. The van der Waals surface area contributed by atoms with Crippen LogP contribution in [0.1, 0.15) is 35.7 Å². The zero-order valence-electron chi connectivity index (χ0n) is 18.5. The Morgan fingerprint density at radius 2 is 1.65 bits per heavy atom. The van der Waals surface area contributed by atoms with Gasteiger partial charge in [0.25, 0.3) is 17.7 Å². The molecule has 1 heterocycles. The first-order valence-electron chi connectivity index (χ1n) is 10.6. The standard InChI is InChI=1S/C26H22ClN3O4/c1-15(2)16-10-12-19(13-11-16)30-25(33)22(27)23(26(30)34)28-18-7-5-6-17(14-18)24(32)29-20-8-3-4-9-21(20)31/h3-15,28,31H,1-2H3,(H,29,32). The molecule has 0 bridgehead atoms. The molecule has 172 valence electrons. The smallest absolute Gasteiger partial charge is 0.283 e. The Balaban J connectivity index is 1.53. The number of amides is 3. The van der Waals surface area contributed by atoms with Gasteiger partial charge in [0, 0.05) is 11.3 Å². The molecule has 3 aromatic rings. The molecule has 3 amide bonds. The quantitative estimate of drug-likeness (QED) is 0.336. The van der Waals surface area contributed by atoms with Crippen LogP contribution < -0.4 is 15.5 Å². The van der Waals surface area contributed by atoms with Gasteiger partial charge in [-0.1, -0.05) is 55.8 Å². The fourth-order valence-corrected chi connectivity index (χ4v) is 3.72. The fraction of sp³-hybridized carbons (Fsp3) is 0.115. The van der Waals surface area contributed by atoms with Crippen LogP contribution in [0.2, 0.25) is 0 Å². The Hall–Kier alpha value is -4.10. The lowest BCUT2D eigenvalue weighted by Crippen LogP contribution is -2.32. The molecular weight excluding hydrogens is 454 g/mol. The highest BCUT2D eigenvalue weighted by atomic mass is 35.5. The zero-order valence-corrected chi connectivity index (χ0v) is 19.3. The summed E-state index contributed by atoms with van der Waals surface area (Å²) in [6.45, 7) is 4.11. The van der Waals surface area contributed by atoms with Gasteiger partial charge in [-0.05, 0) is 53.9 Å². The molecule has 0 aromatic heterocycles. The van der Waals surface area contributed by atoms with E-state index in [1.54, 1.807) is 48.5 Å². The SMILES string of the molecule is CC(C)c1ccc(N2C(=O)C(Cl)=C(Nc3cccc(C(=O)Nc4ccccc4O)c3)C2=O)cc1. The maximum atomic E-state index is 13.0. The second-order valence-electron chi connectivity index (χ2n) is 8.06. The van der Waals surface area contributed by atoms with Crippen LogP contribution in [0.4, 0.5) is 17.1 Å². The van der Waals surface area contributed by atoms with Crippen molar-refractivity contribution >= 4 is 46.4 Å². The number of aromatic hydroxyl groups is 1. The normalized spacial score (nSPS) is 13.6. The minimum atomic E-state index is -0.625. The molecule has 4 rings (SSSR count). The van der Waals surface area contributed by atoms with Gasteiger partial charge in [-0.25, -0.2) is 4.90 Å². The van der Waals surface area contributed by atoms with E-state index in [2.05, 4.69) is 24.5 Å². The van der Waals surface area contributed by atoms with Crippen molar-refractivity contribution in [3.8, 4) is 5.75 Å². The van der Waals surface area contributed by atoms with Crippen LogP contribution in [0, 0.1) is 0 Å². The van der Waals surface area contributed by atoms with Gasteiger partial charge in [-0.3, -0.25) is 14.4 Å². The molecule has 0 atom stereocenters. The van der Waals surface area contributed by atoms with Crippen molar-refractivity contribution < 1.29 is 19.5 Å². The number of imide groups is 1. The summed E-state index contributed by atoms with van der Waals surface area (Å²) >= 11 is 6.22. The van der Waals surface area contributed by atoms with Crippen LogP contribution in [-0.2, 0) is 9.59 Å². The van der Waals surface area contributed by atoms with Crippen LogP contribution in [0.15, 0.2) is 83.5 Å².